The number of nitrogens with zero attached hydrogens (tertiary/aromatic N) is 1. The molecule has 1 aromatic heterocycles. The Bertz CT molecular complexity index is 303. The molecule has 1 heterocycles. The van der Waals surface area contributed by atoms with Crippen LogP contribution in [0.15, 0.2) is 24.5 Å². The molecule has 16 heavy (non-hydrogen) atoms. The van der Waals surface area contributed by atoms with E-state index in [4.69, 9.17) is 0 Å². The third-order valence-corrected chi connectivity index (χ3v) is 3.59. The summed E-state index contributed by atoms with van der Waals surface area (Å²) in [7, 11) is 0. The van der Waals surface area contributed by atoms with Gasteiger partial charge in [0.05, 0.1) is 0 Å². The van der Waals surface area contributed by atoms with Crippen molar-refractivity contribution >= 4 is 0 Å². The van der Waals surface area contributed by atoms with Gasteiger partial charge in [-0.1, -0.05) is 6.42 Å². The molecule has 0 radical (unpaired) electrons. The lowest BCUT2D eigenvalue weighted by Crippen LogP contribution is -2.43. The fourth-order valence-corrected chi connectivity index (χ4v) is 2.20. The van der Waals surface area contributed by atoms with Gasteiger partial charge in [-0.15, -0.1) is 0 Å². The number of nitrogens with one attached hydrogen (secondary N) is 1. The zero-order valence-electron chi connectivity index (χ0n) is 9.65. The van der Waals surface area contributed by atoms with Crippen molar-refractivity contribution in [1.82, 2.24) is 10.3 Å². The lowest BCUT2D eigenvalue weighted by atomic mass is 9.69. The SMILES string of the molecule is OCC1(CNCCc2ccncc2)CCC1. The summed E-state index contributed by atoms with van der Waals surface area (Å²) in [5.74, 6) is 0. The van der Waals surface area contributed by atoms with E-state index in [-0.39, 0.29) is 5.41 Å². The molecule has 0 unspecified atom stereocenters. The summed E-state index contributed by atoms with van der Waals surface area (Å²) in [6.07, 6.45) is 8.31. The molecule has 0 atom stereocenters. The summed E-state index contributed by atoms with van der Waals surface area (Å²) >= 11 is 0. The molecule has 0 saturated heterocycles. The van der Waals surface area contributed by atoms with Crippen LogP contribution in [-0.4, -0.2) is 29.8 Å². The van der Waals surface area contributed by atoms with E-state index in [2.05, 4.69) is 10.3 Å². The zero-order valence-corrected chi connectivity index (χ0v) is 9.65. The van der Waals surface area contributed by atoms with E-state index in [1.165, 1.54) is 24.8 Å². The summed E-state index contributed by atoms with van der Waals surface area (Å²) in [4.78, 5) is 4.00. The monoisotopic (exact) mass is 220 g/mol. The van der Waals surface area contributed by atoms with Gasteiger partial charge < -0.3 is 10.4 Å². The maximum Gasteiger partial charge on any atom is 0.0499 e. The van der Waals surface area contributed by atoms with Gasteiger partial charge in [-0.25, -0.2) is 0 Å². The van der Waals surface area contributed by atoms with Crippen LogP contribution in [-0.2, 0) is 6.42 Å². The van der Waals surface area contributed by atoms with Gasteiger partial charge in [0.15, 0.2) is 0 Å². The first kappa shape index (κ1) is 11.6. The van der Waals surface area contributed by atoms with Gasteiger partial charge in [0.25, 0.3) is 0 Å². The highest BCUT2D eigenvalue weighted by Crippen LogP contribution is 2.39. The summed E-state index contributed by atoms with van der Waals surface area (Å²) in [5.41, 5.74) is 1.51. The van der Waals surface area contributed by atoms with Gasteiger partial charge >= 0.3 is 0 Å². The minimum Gasteiger partial charge on any atom is -0.396 e. The molecule has 3 nitrogen and oxygen atoms in total. The lowest BCUT2D eigenvalue weighted by molar-refractivity contribution is 0.0451. The molecule has 0 amide bonds. The van der Waals surface area contributed by atoms with Crippen molar-refractivity contribution in [3.05, 3.63) is 30.1 Å². The number of hydrogen-bond donors (Lipinski definition) is 2. The molecule has 1 aliphatic carbocycles. The van der Waals surface area contributed by atoms with Crippen molar-refractivity contribution in [3.8, 4) is 0 Å². The van der Waals surface area contributed by atoms with Crippen LogP contribution >= 0.6 is 0 Å². The van der Waals surface area contributed by atoms with Crippen LogP contribution in [0.4, 0.5) is 0 Å². The van der Waals surface area contributed by atoms with E-state index >= 15 is 0 Å². The van der Waals surface area contributed by atoms with Crippen LogP contribution in [0.3, 0.4) is 0 Å². The van der Waals surface area contributed by atoms with E-state index in [0.29, 0.717) is 6.61 Å². The van der Waals surface area contributed by atoms with Gasteiger partial charge in [-0.2, -0.15) is 0 Å². The summed E-state index contributed by atoms with van der Waals surface area (Å²) in [6, 6.07) is 4.10. The molecule has 1 aliphatic rings. The molecule has 2 rings (SSSR count). The third-order valence-electron chi connectivity index (χ3n) is 3.59. The van der Waals surface area contributed by atoms with Crippen molar-refractivity contribution in [1.29, 1.82) is 0 Å². The van der Waals surface area contributed by atoms with Crippen molar-refractivity contribution in [3.63, 3.8) is 0 Å². The first-order valence-corrected chi connectivity index (χ1v) is 6.05. The summed E-state index contributed by atoms with van der Waals surface area (Å²) in [5, 5.41) is 12.8. The summed E-state index contributed by atoms with van der Waals surface area (Å²) < 4.78 is 0. The van der Waals surface area contributed by atoms with Crippen LogP contribution < -0.4 is 5.32 Å². The third kappa shape index (κ3) is 2.80. The van der Waals surface area contributed by atoms with Crippen LogP contribution in [0.5, 0.6) is 0 Å². The minimum atomic E-state index is 0.193. The number of hydrogen-bond acceptors (Lipinski definition) is 3. The first-order valence-electron chi connectivity index (χ1n) is 6.05. The summed E-state index contributed by atoms with van der Waals surface area (Å²) in [6.45, 7) is 2.26. The number of aliphatic hydroxyl groups excluding tert-OH is 1. The maximum atomic E-state index is 9.30. The first-order chi connectivity index (χ1) is 7.85. The molecule has 0 aliphatic heterocycles. The molecule has 1 fully saturated rings. The molecule has 88 valence electrons. The Morgan fingerprint density at radius 2 is 2.06 bits per heavy atom. The van der Waals surface area contributed by atoms with Crippen molar-refractivity contribution in [2.45, 2.75) is 25.7 Å². The largest absolute Gasteiger partial charge is 0.396 e. The highest BCUT2D eigenvalue weighted by molar-refractivity contribution is 5.09. The molecule has 0 spiro atoms. The average Bonchev–Trinajstić information content (AvgIpc) is 2.29. The molecule has 2 N–H and O–H groups in total. The Labute approximate surface area is 96.9 Å². The second-order valence-corrected chi connectivity index (χ2v) is 4.79. The Hall–Kier alpha value is -0.930. The zero-order chi connectivity index (χ0) is 11.3. The Morgan fingerprint density at radius 1 is 1.31 bits per heavy atom. The second kappa shape index (κ2) is 5.41. The molecule has 0 aromatic carbocycles. The van der Waals surface area contributed by atoms with E-state index < -0.39 is 0 Å². The normalized spacial score (nSPS) is 18.1. The standard InChI is InChI=1S/C13H20N2O/c16-11-13(5-1-6-13)10-15-9-4-12-2-7-14-8-3-12/h2-3,7-8,15-16H,1,4-6,9-11H2. The molecular formula is C13H20N2O. The van der Waals surface area contributed by atoms with Crippen LogP contribution in [0.1, 0.15) is 24.8 Å². The van der Waals surface area contributed by atoms with Crippen molar-refractivity contribution in [2.24, 2.45) is 5.41 Å². The van der Waals surface area contributed by atoms with Crippen LogP contribution in [0.2, 0.25) is 0 Å². The van der Waals surface area contributed by atoms with Crippen molar-refractivity contribution < 1.29 is 5.11 Å². The van der Waals surface area contributed by atoms with E-state index in [0.717, 1.165) is 19.5 Å². The topological polar surface area (TPSA) is 45.1 Å². The Balaban J connectivity index is 1.65. The maximum absolute atomic E-state index is 9.30. The molecule has 1 saturated carbocycles. The number of rotatable bonds is 6. The highest BCUT2D eigenvalue weighted by Gasteiger charge is 2.35. The molecule has 1 aromatic rings. The predicted molar refractivity (Wildman–Crippen MR) is 64.2 cm³/mol. The number of pyridine rings is 1. The minimum absolute atomic E-state index is 0.193. The van der Waals surface area contributed by atoms with Gasteiger partial charge in [-0.3, -0.25) is 4.98 Å². The number of aliphatic hydroxyl groups is 1. The lowest BCUT2D eigenvalue weighted by Gasteiger charge is -2.40. The van der Waals surface area contributed by atoms with Gasteiger partial charge in [-0.05, 0) is 43.5 Å². The predicted octanol–water partition coefficient (Wildman–Crippen LogP) is 1.38. The fraction of sp³-hybridized carbons (Fsp3) is 0.615. The smallest absolute Gasteiger partial charge is 0.0499 e. The van der Waals surface area contributed by atoms with Gasteiger partial charge in [0, 0.05) is 31.0 Å². The van der Waals surface area contributed by atoms with Gasteiger partial charge in [0.1, 0.15) is 0 Å². The Morgan fingerprint density at radius 3 is 2.62 bits per heavy atom. The molecule has 0 bridgehead atoms. The van der Waals surface area contributed by atoms with E-state index in [1.54, 1.807) is 0 Å². The molecular weight excluding hydrogens is 200 g/mol. The second-order valence-electron chi connectivity index (χ2n) is 4.79. The fourth-order valence-electron chi connectivity index (χ4n) is 2.20. The molecule has 3 heteroatoms. The van der Waals surface area contributed by atoms with E-state index in [1.807, 2.05) is 24.5 Å². The van der Waals surface area contributed by atoms with Gasteiger partial charge in [0.2, 0.25) is 0 Å². The number of aromatic nitrogens is 1. The van der Waals surface area contributed by atoms with Crippen LogP contribution in [0, 0.1) is 5.41 Å². The average molecular weight is 220 g/mol. The highest BCUT2D eigenvalue weighted by atomic mass is 16.3. The van der Waals surface area contributed by atoms with Crippen molar-refractivity contribution in [2.75, 3.05) is 19.7 Å². The van der Waals surface area contributed by atoms with Crippen LogP contribution in [0.25, 0.3) is 0 Å². The van der Waals surface area contributed by atoms with E-state index in [9.17, 15) is 5.11 Å². The quantitative estimate of drug-likeness (QED) is 0.712. The Kier molecular flexibility index (Phi) is 3.91.